The van der Waals surface area contributed by atoms with E-state index in [1.165, 1.54) is 0 Å². The summed E-state index contributed by atoms with van der Waals surface area (Å²) >= 11 is 0. The Balaban J connectivity index is 1.82. The molecule has 0 fully saturated rings. The molecule has 0 atom stereocenters. The van der Waals surface area contributed by atoms with Crippen LogP contribution in [-0.4, -0.2) is 25.5 Å². The van der Waals surface area contributed by atoms with Gasteiger partial charge in [0.1, 0.15) is 11.5 Å². The lowest BCUT2D eigenvalue weighted by molar-refractivity contribution is 0.101. The third-order valence-electron chi connectivity index (χ3n) is 3.57. The SMILES string of the molecule is CCn1nccc1C(=O)Nc1cc(C)nn1Cc1ccccc1. The van der Waals surface area contributed by atoms with Gasteiger partial charge in [0.2, 0.25) is 0 Å². The molecule has 0 aliphatic carbocycles. The molecule has 0 saturated heterocycles. The highest BCUT2D eigenvalue weighted by atomic mass is 16.2. The van der Waals surface area contributed by atoms with Crippen LogP contribution in [0.2, 0.25) is 0 Å². The van der Waals surface area contributed by atoms with E-state index in [2.05, 4.69) is 15.5 Å². The number of aryl methyl sites for hydroxylation is 2. The smallest absolute Gasteiger partial charge is 0.275 e. The summed E-state index contributed by atoms with van der Waals surface area (Å²) in [6.45, 7) is 5.12. The Morgan fingerprint density at radius 1 is 1.17 bits per heavy atom. The van der Waals surface area contributed by atoms with Crippen molar-refractivity contribution in [1.29, 1.82) is 0 Å². The van der Waals surface area contributed by atoms with Crippen molar-refractivity contribution in [2.75, 3.05) is 5.32 Å². The quantitative estimate of drug-likeness (QED) is 0.788. The largest absolute Gasteiger partial charge is 0.305 e. The Labute approximate surface area is 134 Å². The van der Waals surface area contributed by atoms with Crippen LogP contribution in [0.4, 0.5) is 5.82 Å². The Kier molecular flexibility index (Phi) is 4.23. The Morgan fingerprint density at radius 3 is 2.70 bits per heavy atom. The normalized spacial score (nSPS) is 10.7. The van der Waals surface area contributed by atoms with Gasteiger partial charge in [-0.1, -0.05) is 30.3 Å². The van der Waals surface area contributed by atoms with Crippen molar-refractivity contribution >= 4 is 11.7 Å². The van der Waals surface area contributed by atoms with Gasteiger partial charge >= 0.3 is 0 Å². The third-order valence-corrected chi connectivity index (χ3v) is 3.57. The molecule has 118 valence electrons. The molecule has 3 aromatic rings. The number of aromatic nitrogens is 4. The van der Waals surface area contributed by atoms with Crippen molar-refractivity contribution in [2.45, 2.75) is 26.9 Å². The van der Waals surface area contributed by atoms with E-state index in [0.717, 1.165) is 11.3 Å². The first-order chi connectivity index (χ1) is 11.2. The molecule has 2 heterocycles. The van der Waals surface area contributed by atoms with Crippen LogP contribution in [0, 0.1) is 6.92 Å². The molecular formula is C17H19N5O. The summed E-state index contributed by atoms with van der Waals surface area (Å²) in [6.07, 6.45) is 1.63. The van der Waals surface area contributed by atoms with Gasteiger partial charge in [-0.05, 0) is 25.5 Å². The minimum atomic E-state index is -0.182. The molecule has 0 spiro atoms. The fraction of sp³-hybridized carbons (Fsp3) is 0.235. The molecule has 6 heteroatoms. The summed E-state index contributed by atoms with van der Waals surface area (Å²) in [7, 11) is 0. The van der Waals surface area contributed by atoms with Crippen molar-refractivity contribution in [3.8, 4) is 0 Å². The Bertz CT molecular complexity index is 804. The van der Waals surface area contributed by atoms with Gasteiger partial charge in [-0.3, -0.25) is 9.48 Å². The molecule has 6 nitrogen and oxygen atoms in total. The monoisotopic (exact) mass is 309 g/mol. The zero-order valence-corrected chi connectivity index (χ0v) is 13.2. The molecule has 23 heavy (non-hydrogen) atoms. The minimum Gasteiger partial charge on any atom is -0.305 e. The van der Waals surface area contributed by atoms with Crippen LogP contribution in [0.1, 0.15) is 28.7 Å². The Morgan fingerprint density at radius 2 is 1.96 bits per heavy atom. The number of carbonyl (C=O) groups is 1. The van der Waals surface area contributed by atoms with Crippen LogP contribution in [0.5, 0.6) is 0 Å². The van der Waals surface area contributed by atoms with Crippen LogP contribution in [0.15, 0.2) is 48.7 Å². The van der Waals surface area contributed by atoms with E-state index < -0.39 is 0 Å². The van der Waals surface area contributed by atoms with E-state index in [1.54, 1.807) is 21.6 Å². The molecule has 0 saturated carbocycles. The second-order valence-electron chi connectivity index (χ2n) is 5.30. The molecule has 0 bridgehead atoms. The van der Waals surface area contributed by atoms with E-state index in [9.17, 15) is 4.79 Å². The van der Waals surface area contributed by atoms with Crippen LogP contribution in [0.3, 0.4) is 0 Å². The minimum absolute atomic E-state index is 0.182. The number of nitrogens with zero attached hydrogens (tertiary/aromatic N) is 4. The van der Waals surface area contributed by atoms with E-state index in [1.807, 2.05) is 50.2 Å². The number of carbonyl (C=O) groups excluding carboxylic acids is 1. The summed E-state index contributed by atoms with van der Waals surface area (Å²) < 4.78 is 3.47. The highest BCUT2D eigenvalue weighted by molar-refractivity contribution is 6.02. The fourth-order valence-corrected chi connectivity index (χ4v) is 2.48. The summed E-state index contributed by atoms with van der Waals surface area (Å²) in [5.74, 6) is 0.499. The van der Waals surface area contributed by atoms with Crippen molar-refractivity contribution in [2.24, 2.45) is 0 Å². The molecule has 3 rings (SSSR count). The van der Waals surface area contributed by atoms with Crippen LogP contribution in [-0.2, 0) is 13.1 Å². The second kappa shape index (κ2) is 6.48. The van der Waals surface area contributed by atoms with E-state index in [0.29, 0.717) is 24.6 Å². The van der Waals surface area contributed by atoms with Gasteiger partial charge < -0.3 is 5.32 Å². The van der Waals surface area contributed by atoms with E-state index >= 15 is 0 Å². The zero-order valence-electron chi connectivity index (χ0n) is 13.2. The Hall–Kier alpha value is -2.89. The molecule has 1 N–H and O–H groups in total. The third kappa shape index (κ3) is 3.31. The summed E-state index contributed by atoms with van der Waals surface area (Å²) in [5, 5.41) is 11.5. The number of hydrogen-bond donors (Lipinski definition) is 1. The number of amides is 1. The van der Waals surface area contributed by atoms with Gasteiger partial charge in [0.25, 0.3) is 5.91 Å². The molecule has 0 aliphatic rings. The first-order valence-electron chi connectivity index (χ1n) is 7.59. The number of anilines is 1. The molecular weight excluding hydrogens is 290 g/mol. The summed E-state index contributed by atoms with van der Waals surface area (Å²) in [4.78, 5) is 12.5. The molecule has 1 aromatic carbocycles. The number of nitrogens with one attached hydrogen (secondary N) is 1. The molecule has 0 radical (unpaired) electrons. The van der Waals surface area contributed by atoms with Gasteiger partial charge in [-0.15, -0.1) is 0 Å². The molecule has 0 unspecified atom stereocenters. The second-order valence-corrected chi connectivity index (χ2v) is 5.30. The van der Waals surface area contributed by atoms with Gasteiger partial charge in [0.15, 0.2) is 0 Å². The van der Waals surface area contributed by atoms with Crippen molar-refractivity contribution in [3.05, 3.63) is 65.6 Å². The molecule has 0 aliphatic heterocycles. The maximum Gasteiger partial charge on any atom is 0.275 e. The van der Waals surface area contributed by atoms with Gasteiger partial charge in [0, 0.05) is 18.8 Å². The summed E-state index contributed by atoms with van der Waals surface area (Å²) in [5.41, 5.74) is 2.53. The maximum atomic E-state index is 12.5. The molecule has 2 aromatic heterocycles. The van der Waals surface area contributed by atoms with Crippen molar-refractivity contribution < 1.29 is 4.79 Å². The van der Waals surface area contributed by atoms with Crippen LogP contribution in [0.25, 0.3) is 0 Å². The fourth-order valence-electron chi connectivity index (χ4n) is 2.48. The molecule has 1 amide bonds. The van der Waals surface area contributed by atoms with E-state index in [-0.39, 0.29) is 5.91 Å². The first-order valence-corrected chi connectivity index (χ1v) is 7.59. The number of benzene rings is 1. The standard InChI is InChI=1S/C17H19N5O/c1-3-21-15(9-10-18-21)17(23)19-16-11-13(2)20-22(16)12-14-7-5-4-6-8-14/h4-11H,3,12H2,1-2H3,(H,19,23). The number of rotatable bonds is 5. The first kappa shape index (κ1) is 15.0. The van der Waals surface area contributed by atoms with E-state index in [4.69, 9.17) is 0 Å². The van der Waals surface area contributed by atoms with Crippen molar-refractivity contribution in [3.63, 3.8) is 0 Å². The predicted molar refractivity (Wildman–Crippen MR) is 88.4 cm³/mol. The van der Waals surface area contributed by atoms with Crippen molar-refractivity contribution in [1.82, 2.24) is 19.6 Å². The average molecular weight is 309 g/mol. The van der Waals surface area contributed by atoms with Crippen LogP contribution < -0.4 is 5.32 Å². The van der Waals surface area contributed by atoms with Crippen LogP contribution >= 0.6 is 0 Å². The lowest BCUT2D eigenvalue weighted by atomic mass is 10.2. The lowest BCUT2D eigenvalue weighted by Crippen LogP contribution is -2.19. The summed E-state index contributed by atoms with van der Waals surface area (Å²) in [6, 6.07) is 13.6. The zero-order chi connectivity index (χ0) is 16.2. The topological polar surface area (TPSA) is 64.7 Å². The maximum absolute atomic E-state index is 12.5. The highest BCUT2D eigenvalue weighted by Gasteiger charge is 2.14. The number of hydrogen-bond acceptors (Lipinski definition) is 3. The average Bonchev–Trinajstić information content (AvgIpc) is 3.15. The lowest BCUT2D eigenvalue weighted by Gasteiger charge is -2.09. The highest BCUT2D eigenvalue weighted by Crippen LogP contribution is 2.14. The van der Waals surface area contributed by atoms with Gasteiger partial charge in [0.05, 0.1) is 12.2 Å². The predicted octanol–water partition coefficient (Wildman–Crippen LogP) is 2.71. The van der Waals surface area contributed by atoms with Gasteiger partial charge in [-0.25, -0.2) is 4.68 Å². The van der Waals surface area contributed by atoms with Gasteiger partial charge in [-0.2, -0.15) is 10.2 Å².